The third-order valence-electron chi connectivity index (χ3n) is 7.38. The molecule has 0 spiro atoms. The molecule has 0 N–H and O–H groups in total. The molecule has 0 radical (unpaired) electrons. The average molecular weight is 516 g/mol. The summed E-state index contributed by atoms with van der Waals surface area (Å²) in [6.45, 7) is 0. The summed E-state index contributed by atoms with van der Waals surface area (Å²) in [5, 5.41) is 8.97. The first-order valence-corrected chi connectivity index (χ1v) is 13.7. The van der Waals surface area contributed by atoms with Crippen molar-refractivity contribution in [1.29, 1.82) is 0 Å². The fraction of sp³-hybridized carbons (Fsp3) is 0.156. The van der Waals surface area contributed by atoms with E-state index in [1.807, 2.05) is 42.5 Å². The number of allylic oxidation sites excluding steroid dienone is 1. The van der Waals surface area contributed by atoms with Crippen molar-refractivity contribution in [3.63, 3.8) is 0 Å². The molecule has 1 fully saturated rings. The highest BCUT2D eigenvalue weighted by atomic mass is 32.1. The van der Waals surface area contributed by atoms with Gasteiger partial charge in [-0.3, -0.25) is 0 Å². The SMILES string of the molecule is O=c1oc2ccccc2cc1-c1cnc(N2N=C3/C(=C\c4ccccc4)CCC[C@@H]3[C@@H]2c2ccccc2)s1. The number of thiazole rings is 1. The number of hydrogen-bond acceptors (Lipinski definition) is 6. The highest BCUT2D eigenvalue weighted by Gasteiger charge is 2.42. The third kappa shape index (κ3) is 4.07. The maximum absolute atomic E-state index is 12.8. The van der Waals surface area contributed by atoms with Crippen LogP contribution in [0.2, 0.25) is 0 Å². The van der Waals surface area contributed by atoms with Gasteiger partial charge in [-0.15, -0.1) is 0 Å². The minimum absolute atomic E-state index is 0.0534. The van der Waals surface area contributed by atoms with E-state index >= 15 is 0 Å². The molecular weight excluding hydrogens is 490 g/mol. The van der Waals surface area contributed by atoms with Crippen LogP contribution in [0.25, 0.3) is 27.5 Å². The number of hydrogen-bond donors (Lipinski definition) is 0. The van der Waals surface area contributed by atoms with Crippen LogP contribution in [0.1, 0.15) is 36.4 Å². The van der Waals surface area contributed by atoms with Crippen molar-refractivity contribution >= 4 is 39.2 Å². The Morgan fingerprint density at radius 3 is 2.55 bits per heavy atom. The topological polar surface area (TPSA) is 58.7 Å². The lowest BCUT2D eigenvalue weighted by molar-refractivity contribution is 0.487. The second-order valence-electron chi connectivity index (χ2n) is 9.76. The Labute approximate surface area is 224 Å². The molecular formula is C32H25N3O2S. The van der Waals surface area contributed by atoms with E-state index in [0.717, 1.165) is 40.4 Å². The molecule has 5 aromatic rings. The zero-order valence-corrected chi connectivity index (χ0v) is 21.5. The largest absolute Gasteiger partial charge is 0.422 e. The van der Waals surface area contributed by atoms with Crippen molar-refractivity contribution in [1.82, 2.24) is 4.98 Å². The van der Waals surface area contributed by atoms with Crippen LogP contribution in [-0.2, 0) is 0 Å². The molecule has 3 heterocycles. The lowest BCUT2D eigenvalue weighted by Crippen LogP contribution is -2.27. The zero-order valence-electron chi connectivity index (χ0n) is 20.7. The summed E-state index contributed by atoms with van der Waals surface area (Å²) >= 11 is 1.48. The van der Waals surface area contributed by atoms with Crippen molar-refractivity contribution < 1.29 is 4.42 Å². The number of para-hydroxylation sites is 1. The van der Waals surface area contributed by atoms with Crippen LogP contribution in [0.3, 0.4) is 0 Å². The first kappa shape index (κ1) is 22.9. The summed E-state index contributed by atoms with van der Waals surface area (Å²) in [5.41, 5.74) is 5.62. The summed E-state index contributed by atoms with van der Waals surface area (Å²) < 4.78 is 5.59. The monoisotopic (exact) mass is 515 g/mol. The van der Waals surface area contributed by atoms with Gasteiger partial charge in [-0.25, -0.2) is 14.8 Å². The second-order valence-corrected chi connectivity index (χ2v) is 10.8. The van der Waals surface area contributed by atoms with Gasteiger partial charge in [0.25, 0.3) is 0 Å². The van der Waals surface area contributed by atoms with E-state index in [2.05, 4.69) is 59.6 Å². The number of aromatic nitrogens is 1. The van der Waals surface area contributed by atoms with Crippen molar-refractivity contribution in [3.8, 4) is 10.4 Å². The van der Waals surface area contributed by atoms with Crippen LogP contribution in [0.15, 0.2) is 117 Å². The third-order valence-corrected chi connectivity index (χ3v) is 8.40. The van der Waals surface area contributed by atoms with E-state index in [0.29, 0.717) is 11.1 Å². The highest BCUT2D eigenvalue weighted by molar-refractivity contribution is 7.18. The van der Waals surface area contributed by atoms with Crippen LogP contribution in [-0.4, -0.2) is 10.7 Å². The number of rotatable bonds is 4. The maximum Gasteiger partial charge on any atom is 0.345 e. The van der Waals surface area contributed by atoms with Crippen molar-refractivity contribution in [2.75, 3.05) is 5.01 Å². The summed E-state index contributed by atoms with van der Waals surface area (Å²) in [4.78, 5) is 18.4. The van der Waals surface area contributed by atoms with E-state index in [4.69, 9.17) is 14.5 Å². The lowest BCUT2D eigenvalue weighted by atomic mass is 9.77. The van der Waals surface area contributed by atoms with Gasteiger partial charge in [-0.2, -0.15) is 5.10 Å². The molecule has 0 bridgehead atoms. The number of anilines is 1. The summed E-state index contributed by atoms with van der Waals surface area (Å²) in [6.07, 6.45) is 7.27. The number of nitrogens with zero attached hydrogens (tertiary/aromatic N) is 3. The highest BCUT2D eigenvalue weighted by Crippen LogP contribution is 2.47. The molecule has 2 aliphatic rings. The first-order valence-electron chi connectivity index (χ1n) is 12.9. The van der Waals surface area contributed by atoms with Crippen LogP contribution in [0.5, 0.6) is 0 Å². The molecule has 0 unspecified atom stereocenters. The van der Waals surface area contributed by atoms with Gasteiger partial charge < -0.3 is 4.42 Å². The lowest BCUT2D eigenvalue weighted by Gasteiger charge is -2.29. The van der Waals surface area contributed by atoms with Gasteiger partial charge in [0.15, 0.2) is 0 Å². The van der Waals surface area contributed by atoms with Crippen molar-refractivity contribution in [2.24, 2.45) is 11.0 Å². The van der Waals surface area contributed by atoms with Crippen LogP contribution in [0, 0.1) is 5.92 Å². The molecule has 0 amide bonds. The van der Waals surface area contributed by atoms with Gasteiger partial charge in [0, 0.05) is 17.5 Å². The molecule has 1 aliphatic heterocycles. The van der Waals surface area contributed by atoms with Crippen molar-refractivity contribution in [3.05, 3.63) is 124 Å². The van der Waals surface area contributed by atoms with E-state index in [9.17, 15) is 4.79 Å². The zero-order chi connectivity index (χ0) is 25.5. The summed E-state index contributed by atoms with van der Waals surface area (Å²) in [6, 6.07) is 30.6. The molecule has 6 heteroatoms. The predicted molar refractivity (Wildman–Crippen MR) is 154 cm³/mol. The van der Waals surface area contributed by atoms with Gasteiger partial charge in [0.05, 0.1) is 22.2 Å². The van der Waals surface area contributed by atoms with Crippen LogP contribution in [0.4, 0.5) is 5.13 Å². The van der Waals surface area contributed by atoms with Gasteiger partial charge in [-0.1, -0.05) is 90.2 Å². The van der Waals surface area contributed by atoms with Crippen molar-refractivity contribution in [2.45, 2.75) is 25.3 Å². The predicted octanol–water partition coefficient (Wildman–Crippen LogP) is 7.72. The minimum Gasteiger partial charge on any atom is -0.422 e. The van der Waals surface area contributed by atoms with E-state index in [-0.39, 0.29) is 17.6 Å². The van der Waals surface area contributed by atoms with Gasteiger partial charge in [0.2, 0.25) is 5.13 Å². The molecule has 2 atom stereocenters. The van der Waals surface area contributed by atoms with Crippen LogP contribution >= 0.6 is 11.3 Å². The second kappa shape index (κ2) is 9.54. The molecule has 7 rings (SSSR count). The van der Waals surface area contributed by atoms with E-state index < -0.39 is 0 Å². The molecule has 38 heavy (non-hydrogen) atoms. The molecule has 2 aromatic heterocycles. The van der Waals surface area contributed by atoms with Gasteiger partial charge >= 0.3 is 5.63 Å². The average Bonchev–Trinajstić information content (AvgIpc) is 3.60. The Kier molecular flexibility index (Phi) is 5.74. The smallest absolute Gasteiger partial charge is 0.345 e. The van der Waals surface area contributed by atoms with Gasteiger partial charge in [-0.05, 0) is 54.2 Å². The Hall–Kier alpha value is -4.29. The molecule has 1 aliphatic carbocycles. The fourth-order valence-corrected chi connectivity index (χ4v) is 6.53. The Bertz CT molecular complexity index is 1740. The molecule has 3 aromatic carbocycles. The van der Waals surface area contributed by atoms with E-state index in [1.54, 1.807) is 6.20 Å². The minimum atomic E-state index is -0.354. The number of benzene rings is 3. The standard InChI is InChI=1S/C32H25N3O2S/c36-31-26(19-23-14-7-8-17-27(23)37-31)28-20-33-32(38-28)35-30(22-12-5-2-6-13-22)25-16-9-15-24(29(25)34-35)18-21-10-3-1-4-11-21/h1-8,10-14,17-20,25,30H,9,15-16H2/b24-18-/t25-,30-/m0/s1. The Morgan fingerprint density at radius 2 is 1.71 bits per heavy atom. The van der Waals surface area contributed by atoms with Crippen LogP contribution < -0.4 is 10.6 Å². The molecule has 0 saturated heterocycles. The number of hydrazone groups is 1. The first-order chi connectivity index (χ1) is 18.7. The molecule has 5 nitrogen and oxygen atoms in total. The normalized spacial score (nSPS) is 20.1. The maximum atomic E-state index is 12.8. The summed E-state index contributed by atoms with van der Waals surface area (Å²) in [5.74, 6) is 0.277. The molecule has 1 saturated carbocycles. The van der Waals surface area contributed by atoms with Gasteiger partial charge in [0.1, 0.15) is 5.58 Å². The fourth-order valence-electron chi connectivity index (χ4n) is 5.62. The Balaban J connectivity index is 1.32. The quantitative estimate of drug-likeness (QED) is 0.230. The number of fused-ring (bicyclic) bond motifs is 2. The summed E-state index contributed by atoms with van der Waals surface area (Å²) in [7, 11) is 0. The Morgan fingerprint density at radius 1 is 0.947 bits per heavy atom. The molecule has 186 valence electrons. The van der Waals surface area contributed by atoms with E-state index in [1.165, 1.54) is 28.0 Å².